The Morgan fingerprint density at radius 1 is 1.28 bits per heavy atom. The van der Waals surface area contributed by atoms with Crippen LogP contribution < -0.4 is 5.73 Å². The van der Waals surface area contributed by atoms with Gasteiger partial charge in [0.1, 0.15) is 5.69 Å². The standard InChI is InChI=1S/C14H18N4/c1-3-11-5-4-8-16-13(11)14-17-10(2)9-12(18-14)6-7-15/h4-5,8-9H,3,6-7,15H2,1-2H3. The predicted octanol–water partition coefficient (Wildman–Crippen LogP) is 1.91. The maximum atomic E-state index is 5.58. The van der Waals surface area contributed by atoms with Crippen LogP contribution in [0.3, 0.4) is 0 Å². The van der Waals surface area contributed by atoms with Crippen molar-refractivity contribution in [1.82, 2.24) is 15.0 Å². The molecule has 4 heteroatoms. The van der Waals surface area contributed by atoms with Gasteiger partial charge in [-0.2, -0.15) is 0 Å². The van der Waals surface area contributed by atoms with Crippen LogP contribution in [0.5, 0.6) is 0 Å². The number of rotatable bonds is 4. The molecule has 2 rings (SSSR count). The summed E-state index contributed by atoms with van der Waals surface area (Å²) in [5.74, 6) is 0.705. The Morgan fingerprint density at radius 2 is 2.11 bits per heavy atom. The molecule has 0 amide bonds. The van der Waals surface area contributed by atoms with Crippen LogP contribution in [0.1, 0.15) is 23.9 Å². The molecule has 0 radical (unpaired) electrons. The molecule has 0 fully saturated rings. The predicted molar refractivity (Wildman–Crippen MR) is 72.1 cm³/mol. The molecule has 18 heavy (non-hydrogen) atoms. The number of aryl methyl sites for hydroxylation is 2. The van der Waals surface area contributed by atoms with E-state index in [1.807, 2.05) is 19.1 Å². The summed E-state index contributed by atoms with van der Waals surface area (Å²) in [6.45, 7) is 4.68. The molecular weight excluding hydrogens is 224 g/mol. The minimum absolute atomic E-state index is 0.596. The Bertz CT molecular complexity index is 537. The van der Waals surface area contributed by atoms with Crippen molar-refractivity contribution in [3.63, 3.8) is 0 Å². The molecule has 94 valence electrons. The number of pyridine rings is 1. The van der Waals surface area contributed by atoms with Crippen LogP contribution in [0.4, 0.5) is 0 Å². The van der Waals surface area contributed by atoms with Crippen molar-refractivity contribution in [2.24, 2.45) is 5.73 Å². The third-order valence-electron chi connectivity index (χ3n) is 2.79. The average Bonchev–Trinajstić information content (AvgIpc) is 2.38. The lowest BCUT2D eigenvalue weighted by Gasteiger charge is -2.08. The second-order valence-corrected chi connectivity index (χ2v) is 4.23. The fourth-order valence-corrected chi connectivity index (χ4v) is 1.94. The van der Waals surface area contributed by atoms with Crippen LogP contribution in [-0.4, -0.2) is 21.5 Å². The van der Waals surface area contributed by atoms with Crippen molar-refractivity contribution in [2.75, 3.05) is 6.54 Å². The Labute approximate surface area is 107 Å². The van der Waals surface area contributed by atoms with Crippen molar-refractivity contribution in [2.45, 2.75) is 26.7 Å². The molecule has 2 heterocycles. The molecular formula is C14H18N4. The summed E-state index contributed by atoms with van der Waals surface area (Å²) < 4.78 is 0. The summed E-state index contributed by atoms with van der Waals surface area (Å²) in [5, 5.41) is 0. The van der Waals surface area contributed by atoms with Gasteiger partial charge in [0.05, 0.1) is 0 Å². The van der Waals surface area contributed by atoms with Crippen LogP contribution in [0.15, 0.2) is 24.4 Å². The maximum Gasteiger partial charge on any atom is 0.178 e. The van der Waals surface area contributed by atoms with Crippen molar-refractivity contribution in [3.05, 3.63) is 41.3 Å². The molecule has 0 atom stereocenters. The lowest BCUT2D eigenvalue weighted by atomic mass is 10.1. The third kappa shape index (κ3) is 2.71. The molecule has 0 aliphatic carbocycles. The molecule has 0 bridgehead atoms. The molecule has 2 N–H and O–H groups in total. The van der Waals surface area contributed by atoms with E-state index < -0.39 is 0 Å². The fourth-order valence-electron chi connectivity index (χ4n) is 1.94. The number of hydrogen-bond donors (Lipinski definition) is 1. The molecule has 0 saturated carbocycles. The number of nitrogens with two attached hydrogens (primary N) is 1. The summed E-state index contributed by atoms with van der Waals surface area (Å²) in [6.07, 6.45) is 3.47. The first-order valence-corrected chi connectivity index (χ1v) is 6.23. The van der Waals surface area contributed by atoms with Crippen molar-refractivity contribution >= 4 is 0 Å². The van der Waals surface area contributed by atoms with Gasteiger partial charge in [-0.1, -0.05) is 13.0 Å². The van der Waals surface area contributed by atoms with Gasteiger partial charge in [-0.3, -0.25) is 4.98 Å². The van der Waals surface area contributed by atoms with E-state index in [0.29, 0.717) is 12.4 Å². The van der Waals surface area contributed by atoms with Gasteiger partial charge in [0.15, 0.2) is 5.82 Å². The van der Waals surface area contributed by atoms with E-state index in [1.165, 1.54) is 5.56 Å². The first-order chi connectivity index (χ1) is 8.74. The topological polar surface area (TPSA) is 64.7 Å². The summed E-state index contributed by atoms with van der Waals surface area (Å²) >= 11 is 0. The third-order valence-corrected chi connectivity index (χ3v) is 2.79. The van der Waals surface area contributed by atoms with E-state index in [0.717, 1.165) is 29.9 Å². The van der Waals surface area contributed by atoms with E-state index in [4.69, 9.17) is 5.73 Å². The molecule has 2 aromatic rings. The monoisotopic (exact) mass is 242 g/mol. The number of aromatic nitrogens is 3. The quantitative estimate of drug-likeness (QED) is 0.889. The van der Waals surface area contributed by atoms with Crippen molar-refractivity contribution < 1.29 is 0 Å². The van der Waals surface area contributed by atoms with Crippen molar-refractivity contribution in [1.29, 1.82) is 0 Å². The molecule has 4 nitrogen and oxygen atoms in total. The van der Waals surface area contributed by atoms with Gasteiger partial charge in [-0.15, -0.1) is 0 Å². The smallest absolute Gasteiger partial charge is 0.178 e. The molecule has 0 saturated heterocycles. The van der Waals surface area contributed by atoms with Gasteiger partial charge in [-0.05, 0) is 37.6 Å². The first kappa shape index (κ1) is 12.6. The van der Waals surface area contributed by atoms with E-state index in [1.54, 1.807) is 6.20 Å². The normalized spacial score (nSPS) is 10.6. The lowest BCUT2D eigenvalue weighted by Crippen LogP contribution is -2.07. The highest BCUT2D eigenvalue weighted by Gasteiger charge is 2.09. The zero-order valence-corrected chi connectivity index (χ0v) is 10.8. The summed E-state index contributed by atoms with van der Waals surface area (Å²) in [4.78, 5) is 13.4. The molecule has 0 aromatic carbocycles. The minimum Gasteiger partial charge on any atom is -0.330 e. The second kappa shape index (κ2) is 5.69. The molecule has 0 unspecified atom stereocenters. The van der Waals surface area contributed by atoms with Crippen LogP contribution in [0.2, 0.25) is 0 Å². The Hall–Kier alpha value is -1.81. The average molecular weight is 242 g/mol. The van der Waals surface area contributed by atoms with Gasteiger partial charge in [-0.25, -0.2) is 9.97 Å². The van der Waals surface area contributed by atoms with Gasteiger partial charge >= 0.3 is 0 Å². The van der Waals surface area contributed by atoms with Crippen LogP contribution in [0.25, 0.3) is 11.5 Å². The van der Waals surface area contributed by atoms with E-state index in [-0.39, 0.29) is 0 Å². The summed E-state index contributed by atoms with van der Waals surface area (Å²) in [6, 6.07) is 5.99. The number of nitrogens with zero attached hydrogens (tertiary/aromatic N) is 3. The van der Waals surface area contributed by atoms with E-state index in [9.17, 15) is 0 Å². The van der Waals surface area contributed by atoms with Crippen LogP contribution >= 0.6 is 0 Å². The van der Waals surface area contributed by atoms with Gasteiger partial charge in [0.2, 0.25) is 0 Å². The Morgan fingerprint density at radius 3 is 2.83 bits per heavy atom. The van der Waals surface area contributed by atoms with Crippen LogP contribution in [0, 0.1) is 6.92 Å². The lowest BCUT2D eigenvalue weighted by molar-refractivity contribution is 0.900. The maximum absolute atomic E-state index is 5.58. The Balaban J connectivity index is 2.49. The largest absolute Gasteiger partial charge is 0.330 e. The van der Waals surface area contributed by atoms with Gasteiger partial charge < -0.3 is 5.73 Å². The summed E-state index contributed by atoms with van der Waals surface area (Å²) in [7, 11) is 0. The minimum atomic E-state index is 0.596. The SMILES string of the molecule is CCc1cccnc1-c1nc(C)cc(CCN)n1. The van der Waals surface area contributed by atoms with Gasteiger partial charge in [0.25, 0.3) is 0 Å². The summed E-state index contributed by atoms with van der Waals surface area (Å²) in [5.41, 5.74) is 9.56. The zero-order valence-electron chi connectivity index (χ0n) is 10.8. The Kier molecular flexibility index (Phi) is 3.99. The van der Waals surface area contributed by atoms with Crippen molar-refractivity contribution in [3.8, 4) is 11.5 Å². The highest BCUT2D eigenvalue weighted by molar-refractivity contribution is 5.54. The second-order valence-electron chi connectivity index (χ2n) is 4.23. The molecule has 2 aromatic heterocycles. The highest BCUT2D eigenvalue weighted by atomic mass is 14.9. The molecule has 0 aliphatic heterocycles. The molecule has 0 aliphatic rings. The zero-order chi connectivity index (χ0) is 13.0. The molecule has 0 spiro atoms. The van der Waals surface area contributed by atoms with Gasteiger partial charge in [0, 0.05) is 24.0 Å². The number of hydrogen-bond acceptors (Lipinski definition) is 4. The fraction of sp³-hybridized carbons (Fsp3) is 0.357. The van der Waals surface area contributed by atoms with Crippen LogP contribution in [-0.2, 0) is 12.8 Å². The van der Waals surface area contributed by atoms with E-state index >= 15 is 0 Å². The van der Waals surface area contributed by atoms with E-state index in [2.05, 4.69) is 27.9 Å². The first-order valence-electron chi connectivity index (χ1n) is 6.23. The highest BCUT2D eigenvalue weighted by Crippen LogP contribution is 2.18.